The molecule has 0 aliphatic heterocycles. The van der Waals surface area contributed by atoms with Crippen LogP contribution >= 0.6 is 0 Å². The lowest BCUT2D eigenvalue weighted by atomic mass is 9.91. The molecule has 0 fully saturated rings. The van der Waals surface area contributed by atoms with Crippen molar-refractivity contribution in [1.29, 1.82) is 0 Å². The minimum Gasteiger partial charge on any atom is -0.323 e. The quantitative estimate of drug-likeness (QED) is 0.831. The molecule has 0 radical (unpaired) electrons. The first-order chi connectivity index (χ1) is 8.70. The molecule has 0 saturated carbocycles. The van der Waals surface area contributed by atoms with Gasteiger partial charge in [0, 0.05) is 24.4 Å². The number of hydrogen-bond acceptors (Lipinski definition) is 4. The molecular weight excluding hydrogens is 226 g/mol. The molecule has 0 amide bonds. The molecule has 4 heteroatoms. The van der Waals surface area contributed by atoms with E-state index in [1.807, 2.05) is 37.3 Å². The molecule has 2 atom stereocenters. The minimum absolute atomic E-state index is 0.0838. The number of nitrogens with zero attached hydrogens (tertiary/aromatic N) is 2. The predicted octanol–water partition coefficient (Wildman–Crippen LogP) is 2.00. The van der Waals surface area contributed by atoms with Gasteiger partial charge in [0.05, 0.1) is 6.20 Å². The van der Waals surface area contributed by atoms with Crippen molar-refractivity contribution in [2.75, 3.05) is 0 Å². The number of aromatic nitrogens is 2. The molecule has 1 aromatic carbocycles. The molecule has 1 aromatic heterocycles. The zero-order valence-corrected chi connectivity index (χ0v) is 10.2. The molecule has 2 N–H and O–H groups in total. The van der Waals surface area contributed by atoms with Gasteiger partial charge in [-0.3, -0.25) is 9.78 Å². The number of ketones is 1. The third-order valence-electron chi connectivity index (χ3n) is 2.95. The number of nitrogens with two attached hydrogens (primary N) is 1. The van der Waals surface area contributed by atoms with Gasteiger partial charge >= 0.3 is 0 Å². The fourth-order valence-electron chi connectivity index (χ4n) is 1.79. The van der Waals surface area contributed by atoms with Crippen LogP contribution in [0.4, 0.5) is 0 Å². The van der Waals surface area contributed by atoms with E-state index in [9.17, 15) is 4.79 Å². The molecule has 0 aliphatic carbocycles. The summed E-state index contributed by atoms with van der Waals surface area (Å²) in [6, 6.07) is 9.26. The number of hydrogen-bond donors (Lipinski definition) is 1. The Hall–Kier alpha value is -2.07. The number of Topliss-reactive ketones (excluding diaryl/α,β-unsaturated/α-hetero) is 1. The van der Waals surface area contributed by atoms with Crippen molar-refractivity contribution >= 4 is 5.78 Å². The summed E-state index contributed by atoms with van der Waals surface area (Å²) in [5, 5.41) is 0. The number of carbonyl (C=O) groups excluding carboxylic acids is 1. The number of rotatable bonds is 4. The Balaban J connectivity index is 2.17. The van der Waals surface area contributed by atoms with Gasteiger partial charge in [0.1, 0.15) is 5.69 Å². The zero-order chi connectivity index (χ0) is 13.0. The third kappa shape index (κ3) is 2.60. The van der Waals surface area contributed by atoms with Crippen molar-refractivity contribution in [1.82, 2.24) is 9.97 Å². The average Bonchev–Trinajstić information content (AvgIpc) is 2.47. The summed E-state index contributed by atoms with van der Waals surface area (Å²) in [4.78, 5) is 20.1. The van der Waals surface area contributed by atoms with Crippen LogP contribution in [0.1, 0.15) is 29.0 Å². The van der Waals surface area contributed by atoms with Crippen molar-refractivity contribution in [2.45, 2.75) is 13.0 Å². The van der Waals surface area contributed by atoms with Gasteiger partial charge in [-0.15, -0.1) is 0 Å². The standard InChI is InChI=1S/C14H15N3O/c1-10(13(15)11-5-3-2-4-6-11)14(18)12-9-16-7-8-17-12/h2-10,13H,15H2,1H3. The highest BCUT2D eigenvalue weighted by atomic mass is 16.1. The fourth-order valence-corrected chi connectivity index (χ4v) is 1.79. The minimum atomic E-state index is -0.333. The molecule has 0 aliphatic rings. The maximum atomic E-state index is 12.2. The summed E-state index contributed by atoms with van der Waals surface area (Å²) < 4.78 is 0. The molecule has 0 bridgehead atoms. The molecule has 2 rings (SSSR count). The fraction of sp³-hybridized carbons (Fsp3) is 0.214. The van der Waals surface area contributed by atoms with Gasteiger partial charge in [-0.05, 0) is 5.56 Å². The van der Waals surface area contributed by atoms with E-state index in [1.165, 1.54) is 12.4 Å². The smallest absolute Gasteiger partial charge is 0.187 e. The van der Waals surface area contributed by atoms with Crippen LogP contribution in [0.2, 0.25) is 0 Å². The Morgan fingerprint density at radius 1 is 1.22 bits per heavy atom. The largest absolute Gasteiger partial charge is 0.323 e. The van der Waals surface area contributed by atoms with E-state index in [4.69, 9.17) is 5.73 Å². The molecular formula is C14H15N3O. The van der Waals surface area contributed by atoms with Gasteiger partial charge in [0.2, 0.25) is 0 Å². The summed E-state index contributed by atoms with van der Waals surface area (Å²) in [5.74, 6) is -0.413. The van der Waals surface area contributed by atoms with E-state index in [0.717, 1.165) is 5.56 Å². The van der Waals surface area contributed by atoms with Gasteiger partial charge < -0.3 is 5.73 Å². The van der Waals surface area contributed by atoms with Crippen molar-refractivity contribution in [3.63, 3.8) is 0 Å². The average molecular weight is 241 g/mol. The number of benzene rings is 1. The van der Waals surface area contributed by atoms with Gasteiger partial charge in [-0.2, -0.15) is 0 Å². The number of carbonyl (C=O) groups is 1. The van der Waals surface area contributed by atoms with E-state index in [0.29, 0.717) is 5.69 Å². The van der Waals surface area contributed by atoms with E-state index < -0.39 is 0 Å². The first kappa shape index (κ1) is 12.4. The SMILES string of the molecule is CC(C(=O)c1cnccn1)C(N)c1ccccc1. The second-order valence-corrected chi connectivity index (χ2v) is 4.18. The molecule has 92 valence electrons. The maximum absolute atomic E-state index is 12.2. The van der Waals surface area contributed by atoms with Crippen LogP contribution in [0.3, 0.4) is 0 Å². The van der Waals surface area contributed by atoms with Crippen LogP contribution in [-0.4, -0.2) is 15.8 Å². The molecule has 2 aromatic rings. The van der Waals surface area contributed by atoms with Crippen molar-refractivity contribution in [2.24, 2.45) is 11.7 Å². The van der Waals surface area contributed by atoms with Crippen molar-refractivity contribution < 1.29 is 4.79 Å². The molecule has 1 heterocycles. The normalized spacial score (nSPS) is 13.9. The van der Waals surface area contributed by atoms with E-state index in [2.05, 4.69) is 9.97 Å². The van der Waals surface area contributed by atoms with Crippen molar-refractivity contribution in [3.05, 3.63) is 60.2 Å². The molecule has 4 nitrogen and oxygen atoms in total. The Kier molecular flexibility index (Phi) is 3.79. The second-order valence-electron chi connectivity index (χ2n) is 4.18. The molecule has 0 saturated heterocycles. The maximum Gasteiger partial charge on any atom is 0.187 e. The lowest BCUT2D eigenvalue weighted by Crippen LogP contribution is -2.26. The molecule has 18 heavy (non-hydrogen) atoms. The Morgan fingerprint density at radius 3 is 2.56 bits per heavy atom. The first-order valence-electron chi connectivity index (χ1n) is 5.81. The third-order valence-corrected chi connectivity index (χ3v) is 2.95. The van der Waals surface area contributed by atoms with Crippen LogP contribution in [0, 0.1) is 5.92 Å². The highest BCUT2D eigenvalue weighted by Crippen LogP contribution is 2.21. The highest BCUT2D eigenvalue weighted by Gasteiger charge is 2.24. The topological polar surface area (TPSA) is 68.9 Å². The Morgan fingerprint density at radius 2 is 1.94 bits per heavy atom. The van der Waals surface area contributed by atoms with Crippen LogP contribution in [-0.2, 0) is 0 Å². The summed E-state index contributed by atoms with van der Waals surface area (Å²) in [6.07, 6.45) is 4.52. The van der Waals surface area contributed by atoms with E-state index in [-0.39, 0.29) is 17.7 Å². The van der Waals surface area contributed by atoms with Crippen LogP contribution in [0.15, 0.2) is 48.9 Å². The Labute approximate surface area is 106 Å². The highest BCUT2D eigenvalue weighted by molar-refractivity contribution is 5.96. The first-order valence-corrected chi connectivity index (χ1v) is 5.81. The van der Waals surface area contributed by atoms with Crippen LogP contribution in [0.25, 0.3) is 0 Å². The van der Waals surface area contributed by atoms with Gasteiger partial charge in [-0.1, -0.05) is 37.3 Å². The lowest BCUT2D eigenvalue weighted by molar-refractivity contribution is 0.0907. The van der Waals surface area contributed by atoms with Crippen molar-refractivity contribution in [3.8, 4) is 0 Å². The summed E-state index contributed by atoms with van der Waals surface area (Å²) in [7, 11) is 0. The predicted molar refractivity (Wildman–Crippen MR) is 68.9 cm³/mol. The van der Waals surface area contributed by atoms with Gasteiger partial charge in [-0.25, -0.2) is 4.98 Å². The van der Waals surface area contributed by atoms with Gasteiger partial charge in [0.15, 0.2) is 5.78 Å². The van der Waals surface area contributed by atoms with Crippen LogP contribution in [0.5, 0.6) is 0 Å². The zero-order valence-electron chi connectivity index (χ0n) is 10.2. The van der Waals surface area contributed by atoms with Gasteiger partial charge in [0.25, 0.3) is 0 Å². The monoisotopic (exact) mass is 241 g/mol. The second kappa shape index (κ2) is 5.51. The Bertz CT molecular complexity index is 513. The lowest BCUT2D eigenvalue weighted by Gasteiger charge is -2.18. The summed E-state index contributed by atoms with van der Waals surface area (Å²) in [5.41, 5.74) is 7.41. The summed E-state index contributed by atoms with van der Waals surface area (Å²) in [6.45, 7) is 1.81. The van der Waals surface area contributed by atoms with E-state index >= 15 is 0 Å². The molecule has 2 unspecified atom stereocenters. The molecule has 0 spiro atoms. The summed E-state index contributed by atoms with van der Waals surface area (Å²) >= 11 is 0. The van der Waals surface area contributed by atoms with E-state index in [1.54, 1.807) is 6.20 Å². The van der Waals surface area contributed by atoms with Crippen LogP contribution < -0.4 is 5.73 Å².